The number of nitrogens with one attached hydrogen (secondary N) is 1. The summed E-state index contributed by atoms with van der Waals surface area (Å²) in [7, 11) is 1.85. The fourth-order valence-electron chi connectivity index (χ4n) is 3.39. The van der Waals surface area contributed by atoms with E-state index in [1.807, 2.05) is 7.11 Å². The first kappa shape index (κ1) is 13.3. The van der Waals surface area contributed by atoms with Gasteiger partial charge in [0.1, 0.15) is 0 Å². The molecule has 3 unspecified atom stereocenters. The monoisotopic (exact) mass is 240 g/mol. The Morgan fingerprint density at radius 1 is 1.24 bits per heavy atom. The van der Waals surface area contributed by atoms with Gasteiger partial charge in [0.15, 0.2) is 0 Å². The topological polar surface area (TPSA) is 24.5 Å². The predicted molar refractivity (Wildman–Crippen MR) is 71.3 cm³/mol. The van der Waals surface area contributed by atoms with Gasteiger partial charge in [-0.3, -0.25) is 4.90 Å². The van der Waals surface area contributed by atoms with Gasteiger partial charge in [0.25, 0.3) is 0 Å². The summed E-state index contributed by atoms with van der Waals surface area (Å²) >= 11 is 0. The lowest BCUT2D eigenvalue weighted by Gasteiger charge is -2.31. The largest absolute Gasteiger partial charge is 0.381 e. The van der Waals surface area contributed by atoms with E-state index in [1.165, 1.54) is 58.2 Å². The van der Waals surface area contributed by atoms with Crippen molar-refractivity contribution in [2.45, 2.75) is 63.6 Å². The van der Waals surface area contributed by atoms with Crippen molar-refractivity contribution in [3.63, 3.8) is 0 Å². The highest BCUT2D eigenvalue weighted by atomic mass is 16.5. The summed E-state index contributed by atoms with van der Waals surface area (Å²) in [6.45, 7) is 5.96. The van der Waals surface area contributed by atoms with Gasteiger partial charge in [0.05, 0.1) is 6.10 Å². The van der Waals surface area contributed by atoms with Crippen LogP contribution in [-0.2, 0) is 4.74 Å². The first-order chi connectivity index (χ1) is 8.33. The fraction of sp³-hybridized carbons (Fsp3) is 1.00. The first-order valence-corrected chi connectivity index (χ1v) is 7.33. The summed E-state index contributed by atoms with van der Waals surface area (Å²) in [4.78, 5) is 2.61. The maximum absolute atomic E-state index is 5.49. The third-order valence-corrected chi connectivity index (χ3v) is 4.51. The highest BCUT2D eigenvalue weighted by Crippen LogP contribution is 2.21. The standard InChI is InChI=1S/C14H28N2O/c1-3-16-9-5-7-13(16)11-15-12-6-4-8-14(10-12)17-2/h12-15H,3-11H2,1-2H3. The van der Waals surface area contributed by atoms with Crippen LogP contribution in [0.1, 0.15) is 45.4 Å². The minimum Gasteiger partial charge on any atom is -0.381 e. The Bertz CT molecular complexity index is 222. The number of hydrogen-bond acceptors (Lipinski definition) is 3. The molecule has 3 nitrogen and oxygen atoms in total. The van der Waals surface area contributed by atoms with E-state index in [-0.39, 0.29) is 0 Å². The zero-order valence-corrected chi connectivity index (χ0v) is 11.5. The third-order valence-electron chi connectivity index (χ3n) is 4.51. The molecule has 3 atom stereocenters. The van der Waals surface area contributed by atoms with Gasteiger partial charge >= 0.3 is 0 Å². The van der Waals surface area contributed by atoms with Crippen LogP contribution in [-0.4, -0.2) is 49.8 Å². The molecule has 1 saturated carbocycles. The van der Waals surface area contributed by atoms with Crippen molar-refractivity contribution in [3.8, 4) is 0 Å². The highest BCUT2D eigenvalue weighted by molar-refractivity contribution is 4.84. The van der Waals surface area contributed by atoms with Gasteiger partial charge in [-0.05, 0) is 51.6 Å². The summed E-state index contributed by atoms with van der Waals surface area (Å²) in [5.74, 6) is 0. The van der Waals surface area contributed by atoms with Crippen molar-refractivity contribution in [2.24, 2.45) is 0 Å². The van der Waals surface area contributed by atoms with Gasteiger partial charge in [0.2, 0.25) is 0 Å². The molecule has 0 radical (unpaired) electrons. The predicted octanol–water partition coefficient (Wildman–Crippen LogP) is 2.02. The van der Waals surface area contributed by atoms with Crippen LogP contribution in [0, 0.1) is 0 Å². The second-order valence-electron chi connectivity index (χ2n) is 5.55. The van der Waals surface area contributed by atoms with Gasteiger partial charge in [-0.25, -0.2) is 0 Å². The van der Waals surface area contributed by atoms with Crippen LogP contribution in [0.25, 0.3) is 0 Å². The van der Waals surface area contributed by atoms with Crippen LogP contribution >= 0.6 is 0 Å². The molecule has 2 fully saturated rings. The summed E-state index contributed by atoms with van der Waals surface area (Å²) in [5, 5.41) is 3.77. The van der Waals surface area contributed by atoms with E-state index in [2.05, 4.69) is 17.1 Å². The quantitative estimate of drug-likeness (QED) is 0.795. The van der Waals surface area contributed by atoms with Crippen molar-refractivity contribution in [2.75, 3.05) is 26.7 Å². The van der Waals surface area contributed by atoms with Crippen LogP contribution in [0.3, 0.4) is 0 Å². The first-order valence-electron chi connectivity index (χ1n) is 7.33. The minimum absolute atomic E-state index is 0.493. The summed E-state index contributed by atoms with van der Waals surface area (Å²) in [6, 6.07) is 1.47. The molecule has 100 valence electrons. The number of ether oxygens (including phenoxy) is 1. The van der Waals surface area contributed by atoms with Gasteiger partial charge in [-0.2, -0.15) is 0 Å². The van der Waals surface area contributed by atoms with E-state index in [1.54, 1.807) is 0 Å². The van der Waals surface area contributed by atoms with Crippen LogP contribution in [0.2, 0.25) is 0 Å². The number of likely N-dealkylation sites (tertiary alicyclic amines) is 1. The van der Waals surface area contributed by atoms with Gasteiger partial charge < -0.3 is 10.1 Å². The van der Waals surface area contributed by atoms with Gasteiger partial charge in [0, 0.05) is 25.7 Å². The fourth-order valence-corrected chi connectivity index (χ4v) is 3.39. The molecule has 1 heterocycles. The molecule has 1 saturated heterocycles. The Hall–Kier alpha value is -0.120. The molecule has 1 aliphatic carbocycles. The number of nitrogens with zero attached hydrogens (tertiary/aromatic N) is 1. The van der Waals surface area contributed by atoms with Crippen molar-refractivity contribution in [1.29, 1.82) is 0 Å². The number of hydrogen-bond donors (Lipinski definition) is 1. The Morgan fingerprint density at radius 2 is 2.12 bits per heavy atom. The number of methoxy groups -OCH3 is 1. The molecular weight excluding hydrogens is 212 g/mol. The molecule has 17 heavy (non-hydrogen) atoms. The third kappa shape index (κ3) is 3.67. The highest BCUT2D eigenvalue weighted by Gasteiger charge is 2.25. The Morgan fingerprint density at radius 3 is 2.88 bits per heavy atom. The average molecular weight is 240 g/mol. The lowest BCUT2D eigenvalue weighted by Crippen LogP contribution is -2.44. The lowest BCUT2D eigenvalue weighted by molar-refractivity contribution is 0.0577. The van der Waals surface area contributed by atoms with Crippen molar-refractivity contribution in [1.82, 2.24) is 10.2 Å². The zero-order valence-electron chi connectivity index (χ0n) is 11.5. The summed E-state index contributed by atoms with van der Waals surface area (Å²) < 4.78 is 5.49. The smallest absolute Gasteiger partial charge is 0.0586 e. The van der Waals surface area contributed by atoms with Crippen LogP contribution in [0.5, 0.6) is 0 Å². The Balaban J connectivity index is 1.70. The summed E-state index contributed by atoms with van der Waals surface area (Å²) in [6.07, 6.45) is 8.35. The second kappa shape index (κ2) is 6.72. The molecule has 1 aliphatic heterocycles. The molecule has 2 aliphatic rings. The van der Waals surface area contributed by atoms with Gasteiger partial charge in [-0.15, -0.1) is 0 Å². The van der Waals surface area contributed by atoms with Crippen molar-refractivity contribution < 1.29 is 4.74 Å². The van der Waals surface area contributed by atoms with E-state index in [0.29, 0.717) is 12.1 Å². The van der Waals surface area contributed by atoms with E-state index in [0.717, 1.165) is 6.04 Å². The van der Waals surface area contributed by atoms with Crippen LogP contribution < -0.4 is 5.32 Å². The van der Waals surface area contributed by atoms with E-state index >= 15 is 0 Å². The molecule has 0 aromatic heterocycles. The van der Waals surface area contributed by atoms with Crippen LogP contribution in [0.4, 0.5) is 0 Å². The molecule has 1 N–H and O–H groups in total. The molecule has 0 bridgehead atoms. The molecule has 2 rings (SSSR count). The number of likely N-dealkylation sites (N-methyl/N-ethyl adjacent to an activating group) is 1. The van der Waals surface area contributed by atoms with E-state index in [4.69, 9.17) is 4.74 Å². The normalized spacial score (nSPS) is 35.3. The van der Waals surface area contributed by atoms with Gasteiger partial charge in [-0.1, -0.05) is 6.92 Å². The van der Waals surface area contributed by atoms with Crippen molar-refractivity contribution >= 4 is 0 Å². The molecule has 3 heteroatoms. The molecule has 0 aromatic rings. The summed E-state index contributed by atoms with van der Waals surface area (Å²) in [5.41, 5.74) is 0. The Labute approximate surface area is 106 Å². The van der Waals surface area contributed by atoms with Crippen LogP contribution in [0.15, 0.2) is 0 Å². The average Bonchev–Trinajstić information content (AvgIpc) is 2.84. The van der Waals surface area contributed by atoms with E-state index < -0.39 is 0 Å². The maximum atomic E-state index is 5.49. The van der Waals surface area contributed by atoms with E-state index in [9.17, 15) is 0 Å². The molecule has 0 amide bonds. The molecule has 0 spiro atoms. The molecular formula is C14H28N2O. The second-order valence-corrected chi connectivity index (χ2v) is 5.55. The number of rotatable bonds is 5. The minimum atomic E-state index is 0.493. The van der Waals surface area contributed by atoms with Crippen molar-refractivity contribution in [3.05, 3.63) is 0 Å². The lowest BCUT2D eigenvalue weighted by atomic mass is 9.92. The zero-order chi connectivity index (χ0) is 12.1. The maximum Gasteiger partial charge on any atom is 0.0586 e. The molecule has 0 aromatic carbocycles. The Kier molecular flexibility index (Phi) is 5.26. The SMILES string of the molecule is CCN1CCCC1CNC1CCCC(OC)C1.